The van der Waals surface area contributed by atoms with E-state index < -0.39 is 0 Å². The zero-order valence-electron chi connectivity index (χ0n) is 9.84. The lowest BCUT2D eigenvalue weighted by atomic mass is 10.4. The van der Waals surface area contributed by atoms with Crippen molar-refractivity contribution in [3.63, 3.8) is 0 Å². The van der Waals surface area contributed by atoms with E-state index in [9.17, 15) is 0 Å². The first-order valence-corrected chi connectivity index (χ1v) is 5.30. The third-order valence-electron chi connectivity index (χ3n) is 2.22. The molecule has 0 amide bonds. The van der Waals surface area contributed by atoms with E-state index in [0.29, 0.717) is 12.4 Å². The number of nitrogens with zero attached hydrogens (tertiary/aromatic N) is 3. The van der Waals surface area contributed by atoms with Crippen LogP contribution in [0.4, 0.5) is 5.82 Å². The summed E-state index contributed by atoms with van der Waals surface area (Å²) in [6, 6.07) is 5.57. The van der Waals surface area contributed by atoms with Crippen LogP contribution in [0.2, 0.25) is 0 Å². The van der Waals surface area contributed by atoms with Gasteiger partial charge in [-0.25, -0.2) is 0 Å². The van der Waals surface area contributed by atoms with Crippen LogP contribution in [-0.2, 0) is 6.54 Å². The molecule has 0 fully saturated rings. The molecule has 2 aromatic rings. The molecule has 2 aromatic heterocycles. The standard InChI is InChI=1S/C12H14N4O/c1-9-6-14-10(7-13-9)8-15-11-4-3-5-12(16-11)17-2/h3-7H,8H2,1-2H3,(H,15,16). The minimum absolute atomic E-state index is 0.588. The summed E-state index contributed by atoms with van der Waals surface area (Å²) in [7, 11) is 1.59. The van der Waals surface area contributed by atoms with Crippen molar-refractivity contribution in [3.05, 3.63) is 42.0 Å². The predicted molar refractivity (Wildman–Crippen MR) is 64.9 cm³/mol. The molecule has 0 unspecified atom stereocenters. The molecular weight excluding hydrogens is 216 g/mol. The summed E-state index contributed by atoms with van der Waals surface area (Å²) in [5.74, 6) is 1.34. The second kappa shape index (κ2) is 5.25. The molecule has 0 radical (unpaired) electrons. The first-order valence-electron chi connectivity index (χ1n) is 5.30. The van der Waals surface area contributed by atoms with E-state index in [2.05, 4.69) is 20.3 Å². The molecule has 17 heavy (non-hydrogen) atoms. The second-order valence-electron chi connectivity index (χ2n) is 3.57. The highest BCUT2D eigenvalue weighted by molar-refractivity contribution is 5.37. The van der Waals surface area contributed by atoms with Gasteiger partial charge in [0.25, 0.3) is 0 Å². The van der Waals surface area contributed by atoms with Crippen molar-refractivity contribution in [2.24, 2.45) is 0 Å². The van der Waals surface area contributed by atoms with Gasteiger partial charge in [-0.3, -0.25) is 9.97 Å². The number of rotatable bonds is 4. The fourth-order valence-corrected chi connectivity index (χ4v) is 1.32. The van der Waals surface area contributed by atoms with Crippen LogP contribution in [0, 0.1) is 6.92 Å². The van der Waals surface area contributed by atoms with E-state index in [-0.39, 0.29) is 0 Å². The first-order chi connectivity index (χ1) is 8.28. The van der Waals surface area contributed by atoms with Crippen molar-refractivity contribution >= 4 is 5.82 Å². The fourth-order valence-electron chi connectivity index (χ4n) is 1.32. The van der Waals surface area contributed by atoms with Crippen LogP contribution in [0.15, 0.2) is 30.6 Å². The molecule has 0 aliphatic heterocycles. The smallest absolute Gasteiger partial charge is 0.214 e. The molecule has 88 valence electrons. The van der Waals surface area contributed by atoms with Gasteiger partial charge in [-0.2, -0.15) is 4.98 Å². The maximum absolute atomic E-state index is 5.04. The van der Waals surface area contributed by atoms with Gasteiger partial charge in [-0.15, -0.1) is 0 Å². The normalized spacial score (nSPS) is 10.0. The van der Waals surface area contributed by atoms with Crippen LogP contribution < -0.4 is 10.1 Å². The number of methoxy groups -OCH3 is 1. The van der Waals surface area contributed by atoms with Crippen LogP contribution in [0.5, 0.6) is 5.88 Å². The highest BCUT2D eigenvalue weighted by Gasteiger charge is 1.98. The first kappa shape index (κ1) is 11.3. The van der Waals surface area contributed by atoms with Crippen LogP contribution in [0.3, 0.4) is 0 Å². The van der Waals surface area contributed by atoms with Crippen molar-refractivity contribution in [2.75, 3.05) is 12.4 Å². The Balaban J connectivity index is 1.99. The van der Waals surface area contributed by atoms with Gasteiger partial charge in [0.05, 0.1) is 31.2 Å². The molecule has 0 atom stereocenters. The van der Waals surface area contributed by atoms with E-state index in [4.69, 9.17) is 4.74 Å². The number of pyridine rings is 1. The SMILES string of the molecule is COc1cccc(NCc2cnc(C)cn2)n1. The van der Waals surface area contributed by atoms with Crippen molar-refractivity contribution in [3.8, 4) is 5.88 Å². The Morgan fingerprint density at radius 3 is 2.82 bits per heavy atom. The van der Waals surface area contributed by atoms with E-state index in [1.165, 1.54) is 0 Å². The quantitative estimate of drug-likeness (QED) is 0.867. The number of hydrogen-bond donors (Lipinski definition) is 1. The van der Waals surface area contributed by atoms with Crippen LogP contribution in [0.25, 0.3) is 0 Å². The summed E-state index contributed by atoms with van der Waals surface area (Å²) in [5, 5.41) is 3.16. The molecular formula is C12H14N4O. The van der Waals surface area contributed by atoms with Crippen LogP contribution in [-0.4, -0.2) is 22.1 Å². The highest BCUT2D eigenvalue weighted by Crippen LogP contribution is 2.11. The zero-order valence-corrected chi connectivity index (χ0v) is 9.84. The molecule has 0 spiro atoms. The number of anilines is 1. The molecule has 0 aliphatic carbocycles. The lowest BCUT2D eigenvalue weighted by molar-refractivity contribution is 0.398. The molecule has 5 nitrogen and oxygen atoms in total. The van der Waals surface area contributed by atoms with Crippen molar-refractivity contribution < 1.29 is 4.74 Å². The summed E-state index contributed by atoms with van der Waals surface area (Å²) in [6.45, 7) is 2.50. The van der Waals surface area contributed by atoms with Gasteiger partial charge in [-0.1, -0.05) is 6.07 Å². The second-order valence-corrected chi connectivity index (χ2v) is 3.57. The maximum atomic E-state index is 5.04. The maximum Gasteiger partial charge on any atom is 0.214 e. The van der Waals surface area contributed by atoms with Gasteiger partial charge in [0.1, 0.15) is 5.82 Å². The number of aromatic nitrogens is 3. The average Bonchev–Trinajstić information content (AvgIpc) is 2.38. The van der Waals surface area contributed by atoms with Gasteiger partial charge in [0.2, 0.25) is 5.88 Å². The fraction of sp³-hybridized carbons (Fsp3) is 0.250. The summed E-state index contributed by atoms with van der Waals surface area (Å²) >= 11 is 0. The lowest BCUT2D eigenvalue weighted by Crippen LogP contribution is -2.04. The Morgan fingerprint density at radius 2 is 2.12 bits per heavy atom. The lowest BCUT2D eigenvalue weighted by Gasteiger charge is -2.06. The van der Waals surface area contributed by atoms with E-state index >= 15 is 0 Å². The Morgan fingerprint density at radius 1 is 1.24 bits per heavy atom. The van der Waals surface area contributed by atoms with Crippen LogP contribution in [0.1, 0.15) is 11.4 Å². The number of aryl methyl sites for hydroxylation is 1. The Bertz CT molecular complexity index is 484. The molecule has 0 aliphatic rings. The summed E-state index contributed by atoms with van der Waals surface area (Å²) in [5.41, 5.74) is 1.79. The van der Waals surface area contributed by atoms with Crippen molar-refractivity contribution in [2.45, 2.75) is 13.5 Å². The zero-order chi connectivity index (χ0) is 12.1. The minimum Gasteiger partial charge on any atom is -0.481 e. The van der Waals surface area contributed by atoms with Gasteiger partial charge in [0.15, 0.2) is 0 Å². The molecule has 2 rings (SSSR count). The molecule has 2 heterocycles. The number of nitrogens with one attached hydrogen (secondary N) is 1. The van der Waals surface area contributed by atoms with Gasteiger partial charge < -0.3 is 10.1 Å². The number of hydrogen-bond acceptors (Lipinski definition) is 5. The van der Waals surface area contributed by atoms with E-state index in [0.717, 1.165) is 17.2 Å². The Hall–Kier alpha value is -2.17. The highest BCUT2D eigenvalue weighted by atomic mass is 16.5. The van der Waals surface area contributed by atoms with E-state index in [1.807, 2.05) is 19.1 Å². The molecule has 0 bridgehead atoms. The topological polar surface area (TPSA) is 59.9 Å². The summed E-state index contributed by atoms with van der Waals surface area (Å²) < 4.78 is 5.04. The molecule has 0 saturated carbocycles. The largest absolute Gasteiger partial charge is 0.481 e. The summed E-state index contributed by atoms with van der Waals surface area (Å²) in [6.07, 6.45) is 3.50. The van der Waals surface area contributed by atoms with Crippen molar-refractivity contribution in [1.82, 2.24) is 15.0 Å². The van der Waals surface area contributed by atoms with Gasteiger partial charge >= 0.3 is 0 Å². The third kappa shape index (κ3) is 3.14. The molecule has 1 N–H and O–H groups in total. The van der Waals surface area contributed by atoms with Gasteiger partial charge in [-0.05, 0) is 13.0 Å². The molecule has 5 heteroatoms. The Kier molecular flexibility index (Phi) is 3.49. The Labute approximate surface area is 99.9 Å². The summed E-state index contributed by atoms with van der Waals surface area (Å²) in [4.78, 5) is 12.7. The molecule has 0 saturated heterocycles. The molecule has 0 aromatic carbocycles. The predicted octanol–water partition coefficient (Wildman–Crippen LogP) is 1.80. The monoisotopic (exact) mass is 230 g/mol. The number of ether oxygens (including phenoxy) is 1. The third-order valence-corrected chi connectivity index (χ3v) is 2.22. The van der Waals surface area contributed by atoms with E-state index in [1.54, 1.807) is 25.6 Å². The van der Waals surface area contributed by atoms with Crippen molar-refractivity contribution in [1.29, 1.82) is 0 Å². The van der Waals surface area contributed by atoms with Gasteiger partial charge in [0, 0.05) is 12.3 Å². The minimum atomic E-state index is 0.588. The van der Waals surface area contributed by atoms with Crippen LogP contribution >= 0.6 is 0 Å². The average molecular weight is 230 g/mol.